The molecule has 0 N–H and O–H groups in total. The van der Waals surface area contributed by atoms with E-state index >= 15 is 0 Å². The summed E-state index contributed by atoms with van der Waals surface area (Å²) in [6.45, 7) is 3.19. The topological polar surface area (TPSA) is 43.4 Å². The van der Waals surface area contributed by atoms with E-state index in [4.69, 9.17) is 4.74 Å². The number of carbonyl (C=O) groups is 2. The van der Waals surface area contributed by atoms with Gasteiger partial charge in [0.15, 0.2) is 5.78 Å². The van der Waals surface area contributed by atoms with Crippen LogP contribution in [0.15, 0.2) is 18.2 Å². The number of aryl methyl sites for hydroxylation is 1. The van der Waals surface area contributed by atoms with Crippen molar-refractivity contribution in [2.24, 2.45) is 0 Å². The maximum Gasteiger partial charge on any atom is 0.303 e. The van der Waals surface area contributed by atoms with Crippen LogP contribution in [0.5, 0.6) is 0 Å². The third-order valence-electron chi connectivity index (χ3n) is 2.87. The molecule has 0 aromatic heterocycles. The number of esters is 1. The molecule has 0 aliphatic heterocycles. The first-order valence-electron chi connectivity index (χ1n) is 5.41. The van der Waals surface area contributed by atoms with Crippen molar-refractivity contribution in [1.82, 2.24) is 0 Å². The number of hydrogen-bond donors (Lipinski definition) is 0. The lowest BCUT2D eigenvalue weighted by Gasteiger charge is -2.13. The molecule has 84 valence electrons. The molecule has 1 aromatic rings. The minimum Gasteiger partial charge on any atom is -0.458 e. The summed E-state index contributed by atoms with van der Waals surface area (Å²) in [5.41, 5.74) is 2.77. The maximum atomic E-state index is 11.6. The Hall–Kier alpha value is -1.64. The van der Waals surface area contributed by atoms with Crippen LogP contribution in [-0.2, 0) is 16.0 Å². The second-order valence-electron chi connectivity index (χ2n) is 4.09. The molecule has 0 heterocycles. The number of rotatable bonds is 2. The van der Waals surface area contributed by atoms with Crippen LogP contribution >= 0.6 is 0 Å². The molecule has 0 saturated carbocycles. The van der Waals surface area contributed by atoms with E-state index in [1.165, 1.54) is 6.92 Å². The number of benzene rings is 1. The van der Waals surface area contributed by atoms with Gasteiger partial charge in [0, 0.05) is 18.9 Å². The SMILES string of the molecule is CC(=O)OC(C)c1ccc2c(c1)C(=O)CC2. The van der Waals surface area contributed by atoms with Crippen molar-refractivity contribution < 1.29 is 14.3 Å². The number of ketones is 1. The van der Waals surface area contributed by atoms with Gasteiger partial charge in [0.1, 0.15) is 6.10 Å². The van der Waals surface area contributed by atoms with Crippen molar-refractivity contribution in [2.75, 3.05) is 0 Å². The molecule has 0 fully saturated rings. The molecule has 2 rings (SSSR count). The fourth-order valence-corrected chi connectivity index (χ4v) is 2.02. The summed E-state index contributed by atoms with van der Waals surface area (Å²) in [6.07, 6.45) is 1.13. The summed E-state index contributed by atoms with van der Waals surface area (Å²) in [5.74, 6) is -0.119. The molecule has 3 heteroatoms. The van der Waals surface area contributed by atoms with Crippen LogP contribution in [0.1, 0.15) is 47.9 Å². The third-order valence-corrected chi connectivity index (χ3v) is 2.87. The zero-order chi connectivity index (χ0) is 11.7. The quantitative estimate of drug-likeness (QED) is 0.716. The van der Waals surface area contributed by atoms with E-state index in [1.54, 1.807) is 0 Å². The number of carbonyl (C=O) groups excluding carboxylic acids is 2. The first kappa shape index (κ1) is 10.9. The Morgan fingerprint density at radius 1 is 1.38 bits per heavy atom. The van der Waals surface area contributed by atoms with Crippen LogP contribution in [0.2, 0.25) is 0 Å². The molecular weight excluding hydrogens is 204 g/mol. The summed E-state index contributed by atoms with van der Waals surface area (Å²) < 4.78 is 5.08. The summed E-state index contributed by atoms with van der Waals surface area (Å²) in [6, 6.07) is 5.72. The summed E-state index contributed by atoms with van der Waals surface area (Å²) in [7, 11) is 0. The standard InChI is InChI=1S/C13H14O3/c1-8(16-9(2)14)11-4-3-10-5-6-13(15)12(10)7-11/h3-4,7-8H,5-6H2,1-2H3. The molecule has 3 nitrogen and oxygen atoms in total. The van der Waals surface area contributed by atoms with Gasteiger partial charge in [0.05, 0.1) is 0 Å². The molecule has 1 atom stereocenters. The smallest absolute Gasteiger partial charge is 0.303 e. The van der Waals surface area contributed by atoms with Crippen molar-refractivity contribution >= 4 is 11.8 Å². The fraction of sp³-hybridized carbons (Fsp3) is 0.385. The van der Waals surface area contributed by atoms with Crippen molar-refractivity contribution in [3.8, 4) is 0 Å². The van der Waals surface area contributed by atoms with Crippen LogP contribution in [0.25, 0.3) is 0 Å². The van der Waals surface area contributed by atoms with E-state index in [0.29, 0.717) is 6.42 Å². The van der Waals surface area contributed by atoms with Gasteiger partial charge in [-0.3, -0.25) is 9.59 Å². The zero-order valence-corrected chi connectivity index (χ0v) is 9.45. The van der Waals surface area contributed by atoms with Gasteiger partial charge in [0.25, 0.3) is 0 Å². The molecule has 0 amide bonds. The van der Waals surface area contributed by atoms with Crippen molar-refractivity contribution in [3.05, 3.63) is 34.9 Å². The number of fused-ring (bicyclic) bond motifs is 1. The average Bonchev–Trinajstić information content (AvgIpc) is 2.59. The minimum absolute atomic E-state index is 0.187. The Morgan fingerprint density at radius 2 is 2.12 bits per heavy atom. The van der Waals surface area contributed by atoms with E-state index in [2.05, 4.69) is 0 Å². The zero-order valence-electron chi connectivity index (χ0n) is 9.45. The molecular formula is C13H14O3. The lowest BCUT2D eigenvalue weighted by Crippen LogP contribution is -2.05. The molecule has 0 radical (unpaired) electrons. The van der Waals surface area contributed by atoms with E-state index in [1.807, 2.05) is 25.1 Å². The summed E-state index contributed by atoms with van der Waals surface area (Å²) >= 11 is 0. The first-order valence-corrected chi connectivity index (χ1v) is 5.41. The van der Waals surface area contributed by atoms with E-state index in [-0.39, 0.29) is 17.9 Å². The second-order valence-corrected chi connectivity index (χ2v) is 4.09. The normalized spacial score (nSPS) is 15.8. The van der Waals surface area contributed by atoms with Gasteiger partial charge in [-0.05, 0) is 30.5 Å². The fourth-order valence-electron chi connectivity index (χ4n) is 2.02. The molecule has 1 aliphatic carbocycles. The van der Waals surface area contributed by atoms with Gasteiger partial charge in [0.2, 0.25) is 0 Å². The Kier molecular flexibility index (Phi) is 2.77. The first-order chi connectivity index (χ1) is 7.58. The summed E-state index contributed by atoms with van der Waals surface area (Å²) in [5, 5.41) is 0. The lowest BCUT2D eigenvalue weighted by atomic mass is 10.0. The predicted octanol–water partition coefficient (Wildman–Crippen LogP) is 2.44. The molecule has 1 aromatic carbocycles. The van der Waals surface area contributed by atoms with Gasteiger partial charge in [-0.1, -0.05) is 12.1 Å². The maximum absolute atomic E-state index is 11.6. The molecule has 0 spiro atoms. The van der Waals surface area contributed by atoms with Crippen LogP contribution in [0.4, 0.5) is 0 Å². The van der Waals surface area contributed by atoms with Crippen LogP contribution < -0.4 is 0 Å². The second kappa shape index (κ2) is 4.08. The highest BCUT2D eigenvalue weighted by Crippen LogP contribution is 2.26. The minimum atomic E-state index is -0.306. The van der Waals surface area contributed by atoms with Gasteiger partial charge < -0.3 is 4.74 Å². The molecule has 1 aliphatic rings. The predicted molar refractivity (Wildman–Crippen MR) is 59.3 cm³/mol. The largest absolute Gasteiger partial charge is 0.458 e. The average molecular weight is 218 g/mol. The van der Waals surface area contributed by atoms with E-state index < -0.39 is 0 Å². The molecule has 16 heavy (non-hydrogen) atoms. The molecule has 1 unspecified atom stereocenters. The Balaban J connectivity index is 2.27. The van der Waals surface area contributed by atoms with Crippen LogP contribution in [0, 0.1) is 0 Å². The van der Waals surface area contributed by atoms with Gasteiger partial charge in [-0.2, -0.15) is 0 Å². The van der Waals surface area contributed by atoms with E-state index in [0.717, 1.165) is 23.1 Å². The lowest BCUT2D eigenvalue weighted by molar-refractivity contribution is -0.145. The third kappa shape index (κ3) is 1.98. The van der Waals surface area contributed by atoms with Gasteiger partial charge in [-0.25, -0.2) is 0 Å². The molecule has 0 saturated heterocycles. The Labute approximate surface area is 94.4 Å². The highest BCUT2D eigenvalue weighted by molar-refractivity contribution is 6.00. The van der Waals surface area contributed by atoms with Crippen molar-refractivity contribution in [2.45, 2.75) is 32.8 Å². The van der Waals surface area contributed by atoms with Crippen molar-refractivity contribution in [1.29, 1.82) is 0 Å². The number of hydrogen-bond acceptors (Lipinski definition) is 3. The Morgan fingerprint density at radius 3 is 2.81 bits per heavy atom. The monoisotopic (exact) mass is 218 g/mol. The van der Waals surface area contributed by atoms with Gasteiger partial charge in [-0.15, -0.1) is 0 Å². The van der Waals surface area contributed by atoms with Crippen molar-refractivity contribution in [3.63, 3.8) is 0 Å². The van der Waals surface area contributed by atoms with Crippen LogP contribution in [-0.4, -0.2) is 11.8 Å². The molecule has 0 bridgehead atoms. The highest BCUT2D eigenvalue weighted by Gasteiger charge is 2.21. The van der Waals surface area contributed by atoms with Crippen LogP contribution in [0.3, 0.4) is 0 Å². The summed E-state index contributed by atoms with van der Waals surface area (Å²) in [4.78, 5) is 22.4. The Bertz CT molecular complexity index is 448. The van der Waals surface area contributed by atoms with E-state index in [9.17, 15) is 9.59 Å². The number of ether oxygens (including phenoxy) is 1. The number of Topliss-reactive ketones (excluding diaryl/α,β-unsaturated/α-hetero) is 1. The highest BCUT2D eigenvalue weighted by atomic mass is 16.5. The van der Waals surface area contributed by atoms with Gasteiger partial charge >= 0.3 is 5.97 Å².